The quantitative estimate of drug-likeness (QED) is 0.133. The summed E-state index contributed by atoms with van der Waals surface area (Å²) in [6, 6.07) is 71.2. The highest BCUT2D eigenvalue weighted by Crippen LogP contribution is 2.47. The van der Waals surface area contributed by atoms with Gasteiger partial charge in [-0.2, -0.15) is 0 Å². The van der Waals surface area contributed by atoms with Crippen LogP contribution in [0.25, 0.3) is 109 Å². The molecule has 54 heavy (non-hydrogen) atoms. The van der Waals surface area contributed by atoms with Gasteiger partial charge < -0.3 is 0 Å². The summed E-state index contributed by atoms with van der Waals surface area (Å²) in [5, 5.41) is 13.7. The third kappa shape index (κ3) is 4.76. The normalized spacial score (nSPS) is 11.7. The van der Waals surface area contributed by atoms with Gasteiger partial charge in [0.25, 0.3) is 0 Å². The predicted octanol–water partition coefficient (Wildman–Crippen LogP) is 14.7. The first kappa shape index (κ1) is 30.5. The van der Waals surface area contributed by atoms with Crippen LogP contribution in [0.5, 0.6) is 0 Å². The molecule has 0 saturated heterocycles. The Bertz CT molecular complexity index is 3250. The summed E-state index contributed by atoms with van der Waals surface area (Å²) in [5.41, 5.74) is 10.8. The maximum atomic E-state index is 4.73. The van der Waals surface area contributed by atoms with Crippen molar-refractivity contribution >= 4 is 64.8 Å². The van der Waals surface area contributed by atoms with Crippen LogP contribution < -0.4 is 0 Å². The van der Waals surface area contributed by atoms with E-state index in [1.165, 1.54) is 104 Å². The van der Waals surface area contributed by atoms with Gasteiger partial charge in [0, 0.05) is 11.6 Å². The third-order valence-electron chi connectivity index (χ3n) is 11.3. The molecule has 0 aliphatic rings. The summed E-state index contributed by atoms with van der Waals surface area (Å²) < 4.78 is 0. The van der Waals surface area contributed by atoms with Crippen molar-refractivity contribution in [2.75, 3.05) is 0 Å². The molecule has 11 rings (SSSR count). The lowest BCUT2D eigenvalue weighted by Gasteiger charge is -2.20. The smallest absolute Gasteiger partial charge is 0.0714 e. The second-order valence-corrected chi connectivity index (χ2v) is 14.2. The molecule has 0 atom stereocenters. The van der Waals surface area contributed by atoms with Gasteiger partial charge in [0.15, 0.2) is 0 Å². The van der Waals surface area contributed by atoms with Gasteiger partial charge in [-0.15, -0.1) is 0 Å². The minimum absolute atomic E-state index is 1.01. The summed E-state index contributed by atoms with van der Waals surface area (Å²) in [6.07, 6.45) is 1.88. The minimum Gasteiger partial charge on any atom is -0.256 e. The Labute approximate surface area is 313 Å². The van der Waals surface area contributed by atoms with E-state index in [4.69, 9.17) is 4.98 Å². The molecule has 10 aromatic carbocycles. The van der Waals surface area contributed by atoms with Crippen molar-refractivity contribution in [3.8, 4) is 44.5 Å². The lowest BCUT2D eigenvalue weighted by molar-refractivity contribution is 1.42. The Morgan fingerprint density at radius 2 is 0.741 bits per heavy atom. The van der Waals surface area contributed by atoms with E-state index in [0.29, 0.717) is 0 Å². The van der Waals surface area contributed by atoms with Gasteiger partial charge in [0.1, 0.15) is 0 Å². The van der Waals surface area contributed by atoms with Crippen molar-refractivity contribution in [2.24, 2.45) is 0 Å². The lowest BCUT2D eigenvalue weighted by Crippen LogP contribution is -1.93. The predicted molar refractivity (Wildman–Crippen MR) is 231 cm³/mol. The van der Waals surface area contributed by atoms with Gasteiger partial charge in [-0.1, -0.05) is 176 Å². The monoisotopic (exact) mass is 683 g/mol. The highest BCUT2D eigenvalue weighted by Gasteiger charge is 2.20. The van der Waals surface area contributed by atoms with Crippen LogP contribution in [-0.2, 0) is 0 Å². The number of fused-ring (bicyclic) bond motifs is 7. The molecule has 0 amide bonds. The fourth-order valence-electron chi connectivity index (χ4n) is 8.83. The average Bonchev–Trinajstić information content (AvgIpc) is 3.25. The summed E-state index contributed by atoms with van der Waals surface area (Å²) in [5.74, 6) is 0. The zero-order valence-corrected chi connectivity index (χ0v) is 29.5. The van der Waals surface area contributed by atoms with Crippen molar-refractivity contribution in [1.82, 2.24) is 4.98 Å². The van der Waals surface area contributed by atoms with E-state index in [0.717, 1.165) is 5.52 Å². The molecule has 1 aromatic heterocycles. The van der Waals surface area contributed by atoms with Gasteiger partial charge in [0.05, 0.1) is 5.52 Å². The van der Waals surface area contributed by atoms with Crippen LogP contribution in [0.4, 0.5) is 0 Å². The molecule has 0 saturated carbocycles. The molecule has 11 aromatic rings. The molecule has 1 nitrogen and oxygen atoms in total. The lowest BCUT2D eigenvalue weighted by atomic mass is 9.83. The fraction of sp³-hybridized carbons (Fsp3) is 0. The van der Waals surface area contributed by atoms with Crippen molar-refractivity contribution < 1.29 is 0 Å². The summed E-state index contributed by atoms with van der Waals surface area (Å²) in [6.45, 7) is 0. The minimum atomic E-state index is 1.01. The average molecular weight is 684 g/mol. The second-order valence-electron chi connectivity index (χ2n) is 14.2. The number of pyridine rings is 1. The zero-order valence-electron chi connectivity index (χ0n) is 29.5. The Morgan fingerprint density at radius 3 is 1.41 bits per heavy atom. The number of hydrogen-bond donors (Lipinski definition) is 0. The van der Waals surface area contributed by atoms with Crippen LogP contribution in [0.1, 0.15) is 0 Å². The van der Waals surface area contributed by atoms with Crippen LogP contribution in [0, 0.1) is 0 Å². The number of aromatic nitrogens is 1. The molecule has 0 fully saturated rings. The van der Waals surface area contributed by atoms with E-state index < -0.39 is 0 Å². The van der Waals surface area contributed by atoms with E-state index in [1.807, 2.05) is 12.3 Å². The van der Waals surface area contributed by atoms with E-state index in [2.05, 4.69) is 188 Å². The highest BCUT2D eigenvalue weighted by molar-refractivity contribution is 6.25. The molecule has 0 N–H and O–H groups in total. The molecular weight excluding hydrogens is 651 g/mol. The van der Waals surface area contributed by atoms with Gasteiger partial charge in [-0.3, -0.25) is 4.98 Å². The summed E-state index contributed by atoms with van der Waals surface area (Å²) in [4.78, 5) is 4.73. The largest absolute Gasteiger partial charge is 0.256 e. The molecular formula is C53H33N. The summed E-state index contributed by atoms with van der Waals surface area (Å²) >= 11 is 0. The SMILES string of the molecule is c1ccc2c(-c3c4ccccc4c(-c4cccc5ccccc45)c4cc(-c5ccc(-c6cc7ncccc7c7ccccc67)cc5)ccc34)cccc2c1. The fourth-order valence-corrected chi connectivity index (χ4v) is 8.83. The van der Waals surface area contributed by atoms with Crippen molar-refractivity contribution in [3.05, 3.63) is 200 Å². The van der Waals surface area contributed by atoms with Gasteiger partial charge in [0.2, 0.25) is 0 Å². The van der Waals surface area contributed by atoms with Crippen LogP contribution >= 0.6 is 0 Å². The first-order chi connectivity index (χ1) is 26.8. The first-order valence-electron chi connectivity index (χ1n) is 18.6. The topological polar surface area (TPSA) is 12.9 Å². The van der Waals surface area contributed by atoms with Gasteiger partial charge in [-0.25, -0.2) is 0 Å². The van der Waals surface area contributed by atoms with E-state index >= 15 is 0 Å². The maximum absolute atomic E-state index is 4.73. The van der Waals surface area contributed by atoms with E-state index in [-0.39, 0.29) is 0 Å². The molecule has 250 valence electrons. The first-order valence-corrected chi connectivity index (χ1v) is 18.6. The van der Waals surface area contributed by atoms with Crippen molar-refractivity contribution in [2.45, 2.75) is 0 Å². The maximum Gasteiger partial charge on any atom is 0.0714 e. The van der Waals surface area contributed by atoms with Gasteiger partial charge >= 0.3 is 0 Å². The Kier molecular flexibility index (Phi) is 6.93. The number of nitrogens with zero attached hydrogens (tertiary/aromatic N) is 1. The molecule has 0 unspecified atom stereocenters. The molecule has 0 aliphatic heterocycles. The molecule has 1 heteroatoms. The van der Waals surface area contributed by atoms with Crippen LogP contribution in [-0.4, -0.2) is 4.98 Å². The Balaban J connectivity index is 1.17. The summed E-state index contributed by atoms with van der Waals surface area (Å²) in [7, 11) is 0. The van der Waals surface area contributed by atoms with Gasteiger partial charge in [-0.05, 0) is 117 Å². The number of rotatable bonds is 4. The standard InChI is InChI=1S/C53H33N/c1-3-16-39-35(12-1)14-9-22-44(39)52-46-20-7-8-21-47(46)53(45-23-10-15-36-13-2-4-17-40(36)45)50-32-38(29-30-48(50)52)34-25-27-37(28-26-34)49-33-51-43(24-11-31-54-51)41-18-5-6-19-42(41)49/h1-33H. The van der Waals surface area contributed by atoms with Crippen LogP contribution in [0.15, 0.2) is 200 Å². The Morgan fingerprint density at radius 1 is 0.259 bits per heavy atom. The molecule has 1 heterocycles. The Hall–Kier alpha value is -7.09. The van der Waals surface area contributed by atoms with E-state index in [9.17, 15) is 0 Å². The highest BCUT2D eigenvalue weighted by atomic mass is 14.6. The number of benzene rings is 10. The van der Waals surface area contributed by atoms with Crippen LogP contribution in [0.3, 0.4) is 0 Å². The molecule has 0 spiro atoms. The zero-order chi connectivity index (χ0) is 35.6. The van der Waals surface area contributed by atoms with Crippen LogP contribution in [0.2, 0.25) is 0 Å². The van der Waals surface area contributed by atoms with E-state index in [1.54, 1.807) is 0 Å². The molecule has 0 bridgehead atoms. The van der Waals surface area contributed by atoms with Crippen molar-refractivity contribution in [3.63, 3.8) is 0 Å². The third-order valence-corrected chi connectivity index (χ3v) is 11.3. The molecule has 0 radical (unpaired) electrons. The molecule has 0 aliphatic carbocycles. The number of hydrogen-bond acceptors (Lipinski definition) is 1. The van der Waals surface area contributed by atoms with Crippen molar-refractivity contribution in [1.29, 1.82) is 0 Å². The second kappa shape index (κ2) is 12.3.